The lowest BCUT2D eigenvalue weighted by molar-refractivity contribution is -0.121. The Morgan fingerprint density at radius 1 is 1.11 bits per heavy atom. The van der Waals surface area contributed by atoms with Gasteiger partial charge in [-0.3, -0.25) is 4.79 Å². The van der Waals surface area contributed by atoms with E-state index in [-0.39, 0.29) is 5.91 Å². The molecular weight excluding hydrogens is 244 g/mol. The number of hydrogen-bond acceptors (Lipinski definition) is 3. The number of carbonyl (C=O) groups excluding carboxylic acids is 1. The first-order chi connectivity index (χ1) is 8.84. The van der Waals surface area contributed by atoms with Crippen LogP contribution < -0.4 is 10.6 Å². The van der Waals surface area contributed by atoms with Gasteiger partial charge in [0.2, 0.25) is 5.91 Å². The molecule has 1 atom stereocenters. The van der Waals surface area contributed by atoms with Crippen LogP contribution in [0.5, 0.6) is 0 Å². The van der Waals surface area contributed by atoms with Crippen LogP contribution in [0.15, 0.2) is 0 Å². The van der Waals surface area contributed by atoms with Gasteiger partial charge >= 0.3 is 0 Å². The standard InChI is InChI=1S/C14H26N2OS/c17-14(10-15-9-12-7-8-18-11-12)16-13-5-3-1-2-4-6-13/h12-13,15H,1-11H2,(H,16,17). The van der Waals surface area contributed by atoms with Crippen molar-refractivity contribution in [3.8, 4) is 0 Å². The minimum atomic E-state index is 0.188. The molecule has 3 nitrogen and oxygen atoms in total. The van der Waals surface area contributed by atoms with E-state index >= 15 is 0 Å². The topological polar surface area (TPSA) is 41.1 Å². The van der Waals surface area contributed by atoms with Crippen LogP contribution in [0.2, 0.25) is 0 Å². The number of nitrogens with one attached hydrogen (secondary N) is 2. The first-order valence-electron chi connectivity index (χ1n) is 7.42. The summed E-state index contributed by atoms with van der Waals surface area (Å²) >= 11 is 2.03. The molecule has 0 bridgehead atoms. The molecule has 2 aliphatic rings. The van der Waals surface area contributed by atoms with E-state index in [1.807, 2.05) is 11.8 Å². The molecule has 2 rings (SSSR count). The Morgan fingerprint density at radius 2 is 1.89 bits per heavy atom. The van der Waals surface area contributed by atoms with E-state index in [2.05, 4.69) is 10.6 Å². The molecule has 1 amide bonds. The van der Waals surface area contributed by atoms with E-state index in [0.717, 1.165) is 12.5 Å². The van der Waals surface area contributed by atoms with Gasteiger partial charge in [0.1, 0.15) is 0 Å². The minimum absolute atomic E-state index is 0.188. The molecule has 1 aliphatic carbocycles. The normalized spacial score (nSPS) is 25.9. The van der Waals surface area contributed by atoms with Gasteiger partial charge in [-0.1, -0.05) is 25.7 Å². The third-order valence-corrected chi connectivity index (χ3v) is 5.19. The zero-order valence-electron chi connectivity index (χ0n) is 11.2. The van der Waals surface area contributed by atoms with Crippen LogP contribution in [0.1, 0.15) is 44.9 Å². The predicted octanol–water partition coefficient (Wildman–Crippen LogP) is 2.17. The van der Waals surface area contributed by atoms with Gasteiger partial charge in [-0.25, -0.2) is 0 Å². The summed E-state index contributed by atoms with van der Waals surface area (Å²) in [4.78, 5) is 11.8. The number of thioether (sulfide) groups is 1. The molecule has 4 heteroatoms. The molecule has 0 spiro atoms. The van der Waals surface area contributed by atoms with Gasteiger partial charge < -0.3 is 10.6 Å². The maximum atomic E-state index is 11.8. The smallest absolute Gasteiger partial charge is 0.234 e. The Morgan fingerprint density at radius 3 is 2.56 bits per heavy atom. The second-order valence-corrected chi connectivity index (χ2v) is 6.77. The molecule has 1 aliphatic heterocycles. The molecule has 0 aromatic rings. The maximum Gasteiger partial charge on any atom is 0.234 e. The van der Waals surface area contributed by atoms with Crippen LogP contribution >= 0.6 is 11.8 Å². The van der Waals surface area contributed by atoms with Crippen molar-refractivity contribution in [1.29, 1.82) is 0 Å². The second-order valence-electron chi connectivity index (χ2n) is 5.62. The molecule has 0 radical (unpaired) electrons. The summed E-state index contributed by atoms with van der Waals surface area (Å²) in [5, 5.41) is 6.48. The lowest BCUT2D eigenvalue weighted by Crippen LogP contribution is -2.41. The van der Waals surface area contributed by atoms with Gasteiger partial charge in [0.05, 0.1) is 6.54 Å². The van der Waals surface area contributed by atoms with Crippen molar-refractivity contribution in [3.05, 3.63) is 0 Å². The molecule has 2 fully saturated rings. The summed E-state index contributed by atoms with van der Waals surface area (Å²) in [7, 11) is 0. The molecule has 1 saturated heterocycles. The van der Waals surface area contributed by atoms with Gasteiger partial charge in [-0.05, 0) is 43.2 Å². The third kappa shape index (κ3) is 5.19. The van der Waals surface area contributed by atoms with Crippen molar-refractivity contribution in [2.24, 2.45) is 5.92 Å². The third-order valence-electron chi connectivity index (χ3n) is 3.96. The molecule has 0 aromatic carbocycles. The molecule has 104 valence electrons. The number of carbonyl (C=O) groups is 1. The van der Waals surface area contributed by atoms with Gasteiger partial charge in [0.25, 0.3) is 0 Å². The summed E-state index contributed by atoms with van der Waals surface area (Å²) in [6, 6.07) is 0.434. The fraction of sp³-hybridized carbons (Fsp3) is 0.929. The number of rotatable bonds is 5. The van der Waals surface area contributed by atoms with Crippen LogP contribution in [0.25, 0.3) is 0 Å². The van der Waals surface area contributed by atoms with Crippen LogP contribution in [0.4, 0.5) is 0 Å². The average molecular weight is 270 g/mol. The fourth-order valence-electron chi connectivity index (χ4n) is 2.84. The molecule has 1 unspecified atom stereocenters. The highest BCUT2D eigenvalue weighted by atomic mass is 32.2. The summed E-state index contributed by atoms with van der Waals surface area (Å²) in [5.74, 6) is 3.52. The van der Waals surface area contributed by atoms with E-state index in [9.17, 15) is 4.79 Å². The van der Waals surface area contributed by atoms with Crippen LogP contribution in [0.3, 0.4) is 0 Å². The SMILES string of the molecule is O=C(CNCC1CCSC1)NC1CCCCCC1. The summed E-state index contributed by atoms with van der Waals surface area (Å²) < 4.78 is 0. The van der Waals surface area contributed by atoms with E-state index in [1.54, 1.807) is 0 Å². The zero-order valence-corrected chi connectivity index (χ0v) is 12.1. The zero-order chi connectivity index (χ0) is 12.6. The summed E-state index contributed by atoms with van der Waals surface area (Å²) in [6.07, 6.45) is 8.88. The van der Waals surface area contributed by atoms with Crippen LogP contribution in [0, 0.1) is 5.92 Å². The van der Waals surface area contributed by atoms with Crippen LogP contribution in [-0.2, 0) is 4.79 Å². The van der Waals surface area contributed by atoms with E-state index < -0.39 is 0 Å². The first-order valence-corrected chi connectivity index (χ1v) is 8.58. The van der Waals surface area contributed by atoms with E-state index in [4.69, 9.17) is 0 Å². The summed E-state index contributed by atoms with van der Waals surface area (Å²) in [6.45, 7) is 1.50. The number of amides is 1. The lowest BCUT2D eigenvalue weighted by atomic mass is 10.1. The Hall–Kier alpha value is -0.220. The average Bonchev–Trinajstić information content (AvgIpc) is 2.74. The minimum Gasteiger partial charge on any atom is -0.352 e. The maximum absolute atomic E-state index is 11.8. The molecule has 1 heterocycles. The molecule has 0 aromatic heterocycles. The molecule has 1 saturated carbocycles. The largest absolute Gasteiger partial charge is 0.352 e. The van der Waals surface area contributed by atoms with Crippen molar-refractivity contribution in [1.82, 2.24) is 10.6 Å². The quantitative estimate of drug-likeness (QED) is 0.752. The highest BCUT2D eigenvalue weighted by molar-refractivity contribution is 7.99. The molecule has 2 N–H and O–H groups in total. The van der Waals surface area contributed by atoms with Crippen molar-refractivity contribution in [2.75, 3.05) is 24.6 Å². The molecular formula is C14H26N2OS. The Kier molecular flexibility index (Phi) is 6.35. The first kappa shape index (κ1) is 14.2. The second kappa shape index (κ2) is 8.05. The van der Waals surface area contributed by atoms with E-state index in [0.29, 0.717) is 12.6 Å². The Balaban J connectivity index is 1.56. The monoisotopic (exact) mass is 270 g/mol. The van der Waals surface area contributed by atoms with Crippen molar-refractivity contribution < 1.29 is 4.79 Å². The van der Waals surface area contributed by atoms with Crippen molar-refractivity contribution >= 4 is 17.7 Å². The van der Waals surface area contributed by atoms with E-state index in [1.165, 1.54) is 56.5 Å². The highest BCUT2D eigenvalue weighted by Crippen LogP contribution is 2.22. The van der Waals surface area contributed by atoms with Gasteiger partial charge in [-0.2, -0.15) is 11.8 Å². The highest BCUT2D eigenvalue weighted by Gasteiger charge is 2.17. The lowest BCUT2D eigenvalue weighted by Gasteiger charge is -2.17. The Labute approximate surface area is 115 Å². The van der Waals surface area contributed by atoms with Crippen molar-refractivity contribution in [2.45, 2.75) is 51.0 Å². The van der Waals surface area contributed by atoms with Gasteiger partial charge in [0.15, 0.2) is 0 Å². The fourth-order valence-corrected chi connectivity index (χ4v) is 4.12. The van der Waals surface area contributed by atoms with Gasteiger partial charge in [-0.15, -0.1) is 0 Å². The van der Waals surface area contributed by atoms with Crippen LogP contribution in [-0.4, -0.2) is 36.5 Å². The Bertz CT molecular complexity index is 246. The molecule has 18 heavy (non-hydrogen) atoms. The summed E-state index contributed by atoms with van der Waals surface area (Å²) in [5.41, 5.74) is 0. The number of hydrogen-bond donors (Lipinski definition) is 2. The predicted molar refractivity (Wildman–Crippen MR) is 77.9 cm³/mol. The van der Waals surface area contributed by atoms with Crippen molar-refractivity contribution in [3.63, 3.8) is 0 Å². The van der Waals surface area contributed by atoms with Gasteiger partial charge in [0, 0.05) is 6.04 Å².